The predicted octanol–water partition coefficient (Wildman–Crippen LogP) is 3.09. The van der Waals surface area contributed by atoms with Gasteiger partial charge in [-0.3, -0.25) is 9.59 Å². The lowest BCUT2D eigenvalue weighted by atomic mass is 9.86. The van der Waals surface area contributed by atoms with E-state index in [4.69, 9.17) is 9.47 Å². The van der Waals surface area contributed by atoms with Crippen molar-refractivity contribution in [3.63, 3.8) is 0 Å². The van der Waals surface area contributed by atoms with E-state index in [1.165, 1.54) is 13.8 Å². The van der Waals surface area contributed by atoms with E-state index < -0.39 is 0 Å². The number of carbonyl (C=O) groups is 2. The Morgan fingerprint density at radius 2 is 1.61 bits per heavy atom. The normalized spacial score (nSPS) is 12.9. The lowest BCUT2D eigenvalue weighted by molar-refractivity contribution is -0.152. The molecule has 18 heavy (non-hydrogen) atoms. The summed E-state index contributed by atoms with van der Waals surface area (Å²) >= 11 is 0. The van der Waals surface area contributed by atoms with Gasteiger partial charge in [-0.05, 0) is 31.1 Å². The summed E-state index contributed by atoms with van der Waals surface area (Å²) in [5.74, 6) is -0.461. The summed E-state index contributed by atoms with van der Waals surface area (Å²) in [6.45, 7) is 9.54. The predicted molar refractivity (Wildman–Crippen MR) is 70.1 cm³/mol. The van der Waals surface area contributed by atoms with Crippen LogP contribution in [0, 0.1) is 5.41 Å². The summed E-state index contributed by atoms with van der Waals surface area (Å²) < 4.78 is 10.2. The summed E-state index contributed by atoms with van der Waals surface area (Å²) in [6, 6.07) is 0. The van der Waals surface area contributed by atoms with Crippen LogP contribution in [-0.4, -0.2) is 24.6 Å². The lowest BCUT2D eigenvalue weighted by Gasteiger charge is -2.30. The molecule has 0 aromatic rings. The van der Waals surface area contributed by atoms with Crippen molar-refractivity contribution in [2.45, 2.75) is 66.4 Å². The number of esters is 2. The Morgan fingerprint density at radius 3 is 2.06 bits per heavy atom. The number of rotatable bonds is 7. The first-order chi connectivity index (χ1) is 8.23. The molecule has 0 aliphatic heterocycles. The highest BCUT2D eigenvalue weighted by atomic mass is 16.5. The Bertz CT molecular complexity index is 265. The van der Waals surface area contributed by atoms with E-state index in [-0.39, 0.29) is 23.5 Å². The molecule has 106 valence electrons. The van der Waals surface area contributed by atoms with Crippen molar-refractivity contribution >= 4 is 11.9 Å². The van der Waals surface area contributed by atoms with E-state index in [1.807, 2.05) is 0 Å². The van der Waals surface area contributed by atoms with Crippen LogP contribution >= 0.6 is 0 Å². The fourth-order valence-electron chi connectivity index (χ4n) is 1.69. The zero-order valence-electron chi connectivity index (χ0n) is 12.2. The summed E-state index contributed by atoms with van der Waals surface area (Å²) in [5.41, 5.74) is -0.0401. The summed E-state index contributed by atoms with van der Waals surface area (Å²) in [5, 5.41) is 0. The molecular weight excluding hydrogens is 232 g/mol. The van der Waals surface area contributed by atoms with E-state index in [0.29, 0.717) is 6.61 Å². The van der Waals surface area contributed by atoms with Crippen LogP contribution in [0.5, 0.6) is 0 Å². The van der Waals surface area contributed by atoms with Gasteiger partial charge in [0.2, 0.25) is 0 Å². The molecular formula is C14H26O4. The van der Waals surface area contributed by atoms with Gasteiger partial charge in [0, 0.05) is 13.8 Å². The van der Waals surface area contributed by atoms with Crippen molar-refractivity contribution in [2.24, 2.45) is 5.41 Å². The molecule has 4 heteroatoms. The van der Waals surface area contributed by atoms with Crippen LogP contribution < -0.4 is 0 Å². The molecule has 0 heterocycles. The second-order valence-electron chi connectivity index (χ2n) is 5.65. The highest BCUT2D eigenvalue weighted by molar-refractivity contribution is 5.66. The van der Waals surface area contributed by atoms with Crippen molar-refractivity contribution < 1.29 is 19.1 Å². The first kappa shape index (κ1) is 16.9. The van der Waals surface area contributed by atoms with Gasteiger partial charge in [-0.1, -0.05) is 20.8 Å². The van der Waals surface area contributed by atoms with Crippen LogP contribution in [0.15, 0.2) is 0 Å². The van der Waals surface area contributed by atoms with E-state index in [0.717, 1.165) is 25.7 Å². The molecule has 0 aliphatic rings. The van der Waals surface area contributed by atoms with Crippen molar-refractivity contribution in [2.75, 3.05) is 6.61 Å². The third-order valence-corrected chi connectivity index (χ3v) is 2.69. The third kappa shape index (κ3) is 9.02. The van der Waals surface area contributed by atoms with Gasteiger partial charge in [0.1, 0.15) is 6.10 Å². The van der Waals surface area contributed by atoms with Crippen LogP contribution in [-0.2, 0) is 19.1 Å². The third-order valence-electron chi connectivity index (χ3n) is 2.69. The molecule has 0 rings (SSSR count). The van der Waals surface area contributed by atoms with Crippen LogP contribution in [0.3, 0.4) is 0 Å². The summed E-state index contributed by atoms with van der Waals surface area (Å²) in [4.78, 5) is 21.6. The van der Waals surface area contributed by atoms with Crippen molar-refractivity contribution in [3.8, 4) is 0 Å². The van der Waals surface area contributed by atoms with Gasteiger partial charge >= 0.3 is 11.9 Å². The van der Waals surface area contributed by atoms with Gasteiger partial charge in [-0.2, -0.15) is 0 Å². The number of hydrogen-bond acceptors (Lipinski definition) is 4. The van der Waals surface area contributed by atoms with Crippen LogP contribution in [0.4, 0.5) is 0 Å². The van der Waals surface area contributed by atoms with E-state index >= 15 is 0 Å². The van der Waals surface area contributed by atoms with Gasteiger partial charge in [0.05, 0.1) is 6.61 Å². The molecule has 0 aliphatic carbocycles. The van der Waals surface area contributed by atoms with E-state index in [2.05, 4.69) is 20.8 Å². The minimum Gasteiger partial charge on any atom is -0.466 e. The first-order valence-corrected chi connectivity index (χ1v) is 6.54. The molecule has 0 N–H and O–H groups in total. The van der Waals surface area contributed by atoms with Gasteiger partial charge < -0.3 is 9.47 Å². The molecule has 4 nitrogen and oxygen atoms in total. The quantitative estimate of drug-likeness (QED) is 0.520. The molecule has 0 aromatic carbocycles. The van der Waals surface area contributed by atoms with Crippen molar-refractivity contribution in [1.29, 1.82) is 0 Å². The Kier molecular flexibility index (Phi) is 7.64. The zero-order valence-corrected chi connectivity index (χ0v) is 12.2. The number of carbonyl (C=O) groups excluding carboxylic acids is 2. The second-order valence-corrected chi connectivity index (χ2v) is 5.65. The van der Waals surface area contributed by atoms with Crippen LogP contribution in [0.2, 0.25) is 0 Å². The van der Waals surface area contributed by atoms with Crippen LogP contribution in [0.25, 0.3) is 0 Å². The zero-order chi connectivity index (χ0) is 14.2. The molecule has 0 bridgehead atoms. The van der Waals surface area contributed by atoms with Gasteiger partial charge in [0.25, 0.3) is 0 Å². The van der Waals surface area contributed by atoms with E-state index in [9.17, 15) is 9.59 Å². The minimum atomic E-state index is -0.234. The molecule has 0 saturated carbocycles. The Balaban J connectivity index is 3.84. The van der Waals surface area contributed by atoms with Gasteiger partial charge in [0.15, 0.2) is 0 Å². The average molecular weight is 258 g/mol. The smallest absolute Gasteiger partial charge is 0.302 e. The maximum Gasteiger partial charge on any atom is 0.302 e. The highest BCUT2D eigenvalue weighted by Crippen LogP contribution is 2.26. The standard InChI is InChI=1S/C14H26O4/c1-11(15)17-10-8-6-7-9-13(14(3,4)5)18-12(2)16/h13H,6-10H2,1-5H3. The van der Waals surface area contributed by atoms with Crippen LogP contribution in [0.1, 0.15) is 60.3 Å². The number of unbranched alkanes of at least 4 members (excludes halogenated alkanes) is 2. The monoisotopic (exact) mass is 258 g/mol. The highest BCUT2D eigenvalue weighted by Gasteiger charge is 2.26. The molecule has 0 saturated heterocycles. The Labute approximate surface area is 110 Å². The fourth-order valence-corrected chi connectivity index (χ4v) is 1.69. The lowest BCUT2D eigenvalue weighted by Crippen LogP contribution is -2.31. The van der Waals surface area contributed by atoms with Crippen molar-refractivity contribution in [3.05, 3.63) is 0 Å². The Morgan fingerprint density at radius 1 is 1.00 bits per heavy atom. The number of ether oxygens (including phenoxy) is 2. The van der Waals surface area contributed by atoms with Gasteiger partial charge in [-0.15, -0.1) is 0 Å². The molecule has 0 amide bonds. The maximum atomic E-state index is 11.0. The topological polar surface area (TPSA) is 52.6 Å². The molecule has 0 aromatic heterocycles. The number of hydrogen-bond donors (Lipinski definition) is 0. The first-order valence-electron chi connectivity index (χ1n) is 6.54. The van der Waals surface area contributed by atoms with E-state index in [1.54, 1.807) is 0 Å². The summed E-state index contributed by atoms with van der Waals surface area (Å²) in [7, 11) is 0. The van der Waals surface area contributed by atoms with Gasteiger partial charge in [-0.25, -0.2) is 0 Å². The second kappa shape index (κ2) is 8.11. The van der Waals surface area contributed by atoms with Crippen molar-refractivity contribution in [1.82, 2.24) is 0 Å². The largest absolute Gasteiger partial charge is 0.466 e. The molecule has 1 atom stereocenters. The fraction of sp³-hybridized carbons (Fsp3) is 0.857. The minimum absolute atomic E-state index is 0.0401. The molecule has 0 spiro atoms. The molecule has 0 radical (unpaired) electrons. The Hall–Kier alpha value is -1.06. The summed E-state index contributed by atoms with van der Waals surface area (Å²) in [6.07, 6.45) is 3.60. The maximum absolute atomic E-state index is 11.0. The molecule has 0 fully saturated rings. The average Bonchev–Trinajstić information content (AvgIpc) is 2.18. The molecule has 1 unspecified atom stereocenters. The SMILES string of the molecule is CC(=O)OCCCCCC(OC(C)=O)C(C)(C)C.